The Morgan fingerprint density at radius 1 is 0.886 bits per heavy atom. The van der Waals surface area contributed by atoms with E-state index in [0.29, 0.717) is 17.4 Å². The number of fused-ring (bicyclic) bond motifs is 4. The van der Waals surface area contributed by atoms with E-state index in [-0.39, 0.29) is 11.5 Å². The molecule has 0 saturated heterocycles. The van der Waals surface area contributed by atoms with Gasteiger partial charge in [0, 0.05) is 29.1 Å². The standard InChI is InChI=1S/C31H24N2O2/c1-19(23-11-6-8-20-7-2-3-9-24(20)23)33-18-26-29(32-27-12-5-4-10-25(27)31(26)34)30(33)22-13-14-28-21(17-22)15-16-35-28/h2-14,17-19,32H,15-16H2,1H3/t19-/m1/s1. The van der Waals surface area contributed by atoms with E-state index in [4.69, 9.17) is 4.74 Å². The molecule has 1 N–H and O–H groups in total. The van der Waals surface area contributed by atoms with Crippen molar-refractivity contribution >= 4 is 32.6 Å². The van der Waals surface area contributed by atoms with Crippen LogP contribution in [0, 0.1) is 0 Å². The summed E-state index contributed by atoms with van der Waals surface area (Å²) < 4.78 is 8.03. The summed E-state index contributed by atoms with van der Waals surface area (Å²) in [7, 11) is 0. The van der Waals surface area contributed by atoms with E-state index in [0.717, 1.165) is 34.5 Å². The Morgan fingerprint density at radius 3 is 2.60 bits per heavy atom. The van der Waals surface area contributed by atoms with Crippen molar-refractivity contribution in [2.75, 3.05) is 6.61 Å². The molecule has 0 unspecified atom stereocenters. The lowest BCUT2D eigenvalue weighted by Crippen LogP contribution is -2.08. The van der Waals surface area contributed by atoms with E-state index >= 15 is 0 Å². The molecule has 0 spiro atoms. The van der Waals surface area contributed by atoms with Gasteiger partial charge in [0.05, 0.1) is 29.2 Å². The maximum Gasteiger partial charge on any atom is 0.198 e. The van der Waals surface area contributed by atoms with Crippen molar-refractivity contribution in [3.8, 4) is 17.0 Å². The van der Waals surface area contributed by atoms with E-state index < -0.39 is 0 Å². The van der Waals surface area contributed by atoms with E-state index in [1.54, 1.807) is 0 Å². The van der Waals surface area contributed by atoms with Gasteiger partial charge < -0.3 is 14.3 Å². The molecule has 4 heteroatoms. The summed E-state index contributed by atoms with van der Waals surface area (Å²) in [6.07, 6.45) is 2.94. The topological polar surface area (TPSA) is 47.0 Å². The van der Waals surface area contributed by atoms with Crippen molar-refractivity contribution in [3.05, 3.63) is 112 Å². The van der Waals surface area contributed by atoms with Crippen LogP contribution in [0.1, 0.15) is 24.1 Å². The van der Waals surface area contributed by atoms with Gasteiger partial charge in [0.2, 0.25) is 0 Å². The van der Waals surface area contributed by atoms with Crippen molar-refractivity contribution in [2.45, 2.75) is 19.4 Å². The first kappa shape index (κ1) is 20.1. The molecule has 0 radical (unpaired) electrons. The van der Waals surface area contributed by atoms with Gasteiger partial charge in [-0.1, -0.05) is 54.6 Å². The second kappa shape index (κ2) is 7.60. The number of nitrogens with zero attached hydrogens (tertiary/aromatic N) is 1. The third kappa shape index (κ3) is 3.03. The number of H-pyrrole nitrogens is 1. The molecule has 4 aromatic carbocycles. The Hall–Kier alpha value is -4.31. The molecular formula is C31H24N2O2. The van der Waals surface area contributed by atoms with Gasteiger partial charge in [0.1, 0.15) is 5.75 Å². The molecule has 0 saturated carbocycles. The fourth-order valence-corrected chi connectivity index (χ4v) is 5.59. The van der Waals surface area contributed by atoms with Crippen LogP contribution in [0.5, 0.6) is 5.75 Å². The van der Waals surface area contributed by atoms with Crippen LogP contribution >= 0.6 is 0 Å². The maximum absolute atomic E-state index is 13.6. The summed E-state index contributed by atoms with van der Waals surface area (Å²) >= 11 is 0. The van der Waals surface area contributed by atoms with Crippen LogP contribution in [-0.2, 0) is 6.42 Å². The summed E-state index contributed by atoms with van der Waals surface area (Å²) in [6, 6.07) is 29.1. The fourth-order valence-electron chi connectivity index (χ4n) is 5.59. The van der Waals surface area contributed by atoms with Gasteiger partial charge in [0.15, 0.2) is 5.43 Å². The summed E-state index contributed by atoms with van der Waals surface area (Å²) in [6.45, 7) is 2.93. The lowest BCUT2D eigenvalue weighted by Gasteiger charge is -2.20. The highest BCUT2D eigenvalue weighted by molar-refractivity contribution is 6.00. The molecule has 35 heavy (non-hydrogen) atoms. The predicted octanol–water partition coefficient (Wildman–Crippen LogP) is 6.85. The number of nitrogens with one attached hydrogen (secondary N) is 1. The zero-order chi connectivity index (χ0) is 23.5. The number of pyridine rings is 1. The molecule has 2 aromatic heterocycles. The number of hydrogen-bond donors (Lipinski definition) is 1. The van der Waals surface area contributed by atoms with Gasteiger partial charge >= 0.3 is 0 Å². The molecule has 1 aliphatic heterocycles. The number of aromatic amines is 1. The van der Waals surface area contributed by atoms with Crippen LogP contribution in [0.15, 0.2) is 95.9 Å². The molecule has 0 bridgehead atoms. The van der Waals surface area contributed by atoms with Gasteiger partial charge in [-0.3, -0.25) is 4.79 Å². The van der Waals surface area contributed by atoms with E-state index in [1.807, 2.05) is 30.5 Å². The highest BCUT2D eigenvalue weighted by Crippen LogP contribution is 2.38. The number of benzene rings is 4. The smallest absolute Gasteiger partial charge is 0.198 e. The zero-order valence-electron chi connectivity index (χ0n) is 19.4. The largest absolute Gasteiger partial charge is 0.493 e. The number of aromatic nitrogens is 2. The first-order valence-corrected chi connectivity index (χ1v) is 12.1. The highest BCUT2D eigenvalue weighted by atomic mass is 16.5. The molecule has 0 amide bonds. The number of para-hydroxylation sites is 1. The second-order valence-electron chi connectivity index (χ2n) is 9.34. The molecule has 6 aromatic rings. The average Bonchev–Trinajstić information content (AvgIpc) is 3.52. The number of hydrogen-bond acceptors (Lipinski definition) is 2. The van der Waals surface area contributed by atoms with Crippen LogP contribution in [0.3, 0.4) is 0 Å². The van der Waals surface area contributed by atoms with Crippen LogP contribution in [0.2, 0.25) is 0 Å². The number of rotatable bonds is 3. The van der Waals surface area contributed by atoms with Gasteiger partial charge in [-0.2, -0.15) is 0 Å². The molecule has 0 aliphatic carbocycles. The molecule has 4 nitrogen and oxygen atoms in total. The fraction of sp³-hybridized carbons (Fsp3) is 0.129. The summed E-state index contributed by atoms with van der Waals surface area (Å²) in [5.41, 5.74) is 6.34. The van der Waals surface area contributed by atoms with E-state index in [2.05, 4.69) is 77.1 Å². The minimum absolute atomic E-state index is 0.0175. The van der Waals surface area contributed by atoms with Crippen molar-refractivity contribution in [1.29, 1.82) is 0 Å². The highest BCUT2D eigenvalue weighted by Gasteiger charge is 2.23. The van der Waals surface area contributed by atoms with Crippen LogP contribution in [0.4, 0.5) is 0 Å². The first-order valence-electron chi connectivity index (χ1n) is 12.1. The number of ether oxygens (including phenoxy) is 1. The predicted molar refractivity (Wildman–Crippen MR) is 142 cm³/mol. The lowest BCUT2D eigenvalue weighted by atomic mass is 9.98. The van der Waals surface area contributed by atoms with Crippen molar-refractivity contribution in [1.82, 2.24) is 9.55 Å². The van der Waals surface area contributed by atoms with Crippen molar-refractivity contribution < 1.29 is 4.74 Å². The van der Waals surface area contributed by atoms with Crippen molar-refractivity contribution in [2.24, 2.45) is 0 Å². The maximum atomic E-state index is 13.6. The average molecular weight is 457 g/mol. The molecular weight excluding hydrogens is 432 g/mol. The Labute approximate surface area is 202 Å². The summed E-state index contributed by atoms with van der Waals surface area (Å²) in [4.78, 5) is 17.2. The Balaban J connectivity index is 1.55. The SMILES string of the molecule is C[C@H](c1cccc2ccccc12)n1cc2c(=O)c3ccccc3[nH]c2c1-c1ccc2c(c1)CCO2. The molecule has 170 valence electrons. The van der Waals surface area contributed by atoms with Gasteiger partial charge in [-0.05, 0) is 59.2 Å². The zero-order valence-corrected chi connectivity index (χ0v) is 19.4. The minimum atomic E-state index is 0.0175. The Kier molecular flexibility index (Phi) is 4.37. The molecule has 7 rings (SSSR count). The van der Waals surface area contributed by atoms with Gasteiger partial charge in [-0.25, -0.2) is 0 Å². The van der Waals surface area contributed by atoms with E-state index in [1.165, 1.54) is 21.9 Å². The molecule has 0 fully saturated rings. The first-order chi connectivity index (χ1) is 17.2. The van der Waals surface area contributed by atoms with Crippen LogP contribution < -0.4 is 10.2 Å². The quantitative estimate of drug-likeness (QED) is 0.317. The minimum Gasteiger partial charge on any atom is -0.493 e. The second-order valence-corrected chi connectivity index (χ2v) is 9.34. The van der Waals surface area contributed by atoms with E-state index in [9.17, 15) is 4.79 Å². The third-order valence-corrected chi connectivity index (χ3v) is 7.36. The lowest BCUT2D eigenvalue weighted by molar-refractivity contribution is 0.357. The summed E-state index contributed by atoms with van der Waals surface area (Å²) in [5.74, 6) is 0.956. The van der Waals surface area contributed by atoms with Crippen molar-refractivity contribution in [3.63, 3.8) is 0 Å². The summed E-state index contributed by atoms with van der Waals surface area (Å²) in [5, 5.41) is 3.86. The van der Waals surface area contributed by atoms with Crippen LogP contribution in [-0.4, -0.2) is 16.2 Å². The molecule has 1 atom stereocenters. The third-order valence-electron chi connectivity index (χ3n) is 7.36. The normalized spacial score (nSPS) is 13.9. The Bertz CT molecular complexity index is 1820. The molecule has 3 heterocycles. The van der Waals surface area contributed by atoms with Gasteiger partial charge in [-0.15, -0.1) is 0 Å². The van der Waals surface area contributed by atoms with Crippen LogP contribution in [0.25, 0.3) is 43.8 Å². The monoisotopic (exact) mass is 456 g/mol. The Morgan fingerprint density at radius 2 is 1.69 bits per heavy atom. The van der Waals surface area contributed by atoms with Gasteiger partial charge in [0.25, 0.3) is 0 Å². The molecule has 1 aliphatic rings.